The van der Waals surface area contributed by atoms with E-state index in [9.17, 15) is 4.39 Å². The molecule has 0 aliphatic rings. The smallest absolute Gasteiger partial charge is 0.123 e. The molecule has 0 aromatic heterocycles. The summed E-state index contributed by atoms with van der Waals surface area (Å²) >= 11 is 3.56. The second kappa shape index (κ2) is 6.48. The number of nitrogens with two attached hydrogens (primary N) is 1. The summed E-state index contributed by atoms with van der Waals surface area (Å²) in [6.45, 7) is 4.10. The number of hydrazine groups is 1. The van der Waals surface area contributed by atoms with E-state index < -0.39 is 0 Å². The summed E-state index contributed by atoms with van der Waals surface area (Å²) in [6.07, 6.45) is 0.648. The third-order valence-electron chi connectivity index (χ3n) is 3.39. The Morgan fingerprint density at radius 2 is 1.85 bits per heavy atom. The molecule has 0 fully saturated rings. The first kappa shape index (κ1) is 15.2. The van der Waals surface area contributed by atoms with Gasteiger partial charge in [-0.2, -0.15) is 0 Å². The first-order valence-electron chi connectivity index (χ1n) is 6.48. The maximum absolute atomic E-state index is 13.2. The van der Waals surface area contributed by atoms with Crippen LogP contribution in [0.5, 0.6) is 0 Å². The number of nitrogens with one attached hydrogen (secondary N) is 1. The van der Waals surface area contributed by atoms with Crippen LogP contribution in [0.4, 0.5) is 4.39 Å². The first-order valence-corrected chi connectivity index (χ1v) is 7.27. The molecule has 106 valence electrons. The number of rotatable bonds is 4. The Hall–Kier alpha value is -1.23. The highest BCUT2D eigenvalue weighted by Gasteiger charge is 2.13. The zero-order valence-corrected chi connectivity index (χ0v) is 13.2. The third kappa shape index (κ3) is 3.45. The van der Waals surface area contributed by atoms with Crippen LogP contribution >= 0.6 is 15.9 Å². The topological polar surface area (TPSA) is 38.0 Å². The molecule has 0 bridgehead atoms. The molecule has 0 saturated heterocycles. The van der Waals surface area contributed by atoms with Gasteiger partial charge in [-0.3, -0.25) is 11.3 Å². The lowest BCUT2D eigenvalue weighted by Gasteiger charge is -2.18. The number of benzene rings is 2. The Morgan fingerprint density at radius 1 is 1.20 bits per heavy atom. The molecule has 0 aliphatic carbocycles. The molecule has 0 aliphatic heterocycles. The molecule has 2 rings (SSSR count). The van der Waals surface area contributed by atoms with Gasteiger partial charge in [-0.05, 0) is 54.7 Å². The molecule has 2 nitrogen and oxygen atoms in total. The van der Waals surface area contributed by atoms with Gasteiger partial charge in [-0.1, -0.05) is 40.2 Å². The SMILES string of the molecule is Cc1cc(C(Cc2cccc(F)c2)NN)cc(C)c1Br. The van der Waals surface area contributed by atoms with Crippen LogP contribution in [-0.4, -0.2) is 0 Å². The van der Waals surface area contributed by atoms with Crippen molar-refractivity contribution >= 4 is 15.9 Å². The van der Waals surface area contributed by atoms with E-state index in [0.29, 0.717) is 6.42 Å². The third-order valence-corrected chi connectivity index (χ3v) is 4.64. The molecule has 1 unspecified atom stereocenters. The molecule has 1 atom stereocenters. The van der Waals surface area contributed by atoms with Gasteiger partial charge in [0.15, 0.2) is 0 Å². The molecule has 0 saturated carbocycles. The van der Waals surface area contributed by atoms with Crippen molar-refractivity contribution in [2.24, 2.45) is 5.84 Å². The lowest BCUT2D eigenvalue weighted by molar-refractivity contribution is 0.548. The Morgan fingerprint density at radius 3 is 2.40 bits per heavy atom. The normalized spacial score (nSPS) is 12.4. The van der Waals surface area contributed by atoms with Gasteiger partial charge in [0.2, 0.25) is 0 Å². The summed E-state index contributed by atoms with van der Waals surface area (Å²) in [7, 11) is 0. The summed E-state index contributed by atoms with van der Waals surface area (Å²) in [5, 5.41) is 0. The zero-order valence-electron chi connectivity index (χ0n) is 11.6. The predicted molar refractivity (Wildman–Crippen MR) is 83.8 cm³/mol. The summed E-state index contributed by atoms with van der Waals surface area (Å²) in [5.74, 6) is 5.45. The molecule has 20 heavy (non-hydrogen) atoms. The molecule has 2 aromatic rings. The molecule has 2 aromatic carbocycles. The van der Waals surface area contributed by atoms with Crippen LogP contribution < -0.4 is 11.3 Å². The van der Waals surface area contributed by atoms with E-state index in [1.54, 1.807) is 12.1 Å². The number of aryl methyl sites for hydroxylation is 2. The van der Waals surface area contributed by atoms with Crippen molar-refractivity contribution in [3.8, 4) is 0 Å². The van der Waals surface area contributed by atoms with E-state index in [-0.39, 0.29) is 11.9 Å². The van der Waals surface area contributed by atoms with Crippen molar-refractivity contribution in [2.75, 3.05) is 0 Å². The fraction of sp³-hybridized carbons (Fsp3) is 0.250. The molecule has 3 N–H and O–H groups in total. The van der Waals surface area contributed by atoms with Gasteiger partial charge in [0.1, 0.15) is 5.82 Å². The number of halogens is 2. The molecule has 0 heterocycles. The molecule has 0 radical (unpaired) electrons. The van der Waals surface area contributed by atoms with E-state index in [1.165, 1.54) is 17.2 Å². The van der Waals surface area contributed by atoms with Crippen molar-refractivity contribution in [1.29, 1.82) is 0 Å². The van der Waals surface area contributed by atoms with E-state index in [1.807, 2.05) is 6.07 Å². The van der Waals surface area contributed by atoms with Crippen molar-refractivity contribution in [3.05, 3.63) is 68.9 Å². The summed E-state index contributed by atoms with van der Waals surface area (Å²) in [6, 6.07) is 10.8. The lowest BCUT2D eigenvalue weighted by Crippen LogP contribution is -2.29. The fourth-order valence-corrected chi connectivity index (χ4v) is 2.58. The van der Waals surface area contributed by atoms with E-state index in [2.05, 4.69) is 47.3 Å². The standard InChI is InChI=1S/C16H18BrFN2/c1-10-6-13(7-11(2)16(10)17)15(20-19)9-12-4-3-5-14(18)8-12/h3-8,15,20H,9,19H2,1-2H3. The molecular formula is C16H18BrFN2. The maximum Gasteiger partial charge on any atom is 0.123 e. The van der Waals surface area contributed by atoms with E-state index in [0.717, 1.165) is 15.6 Å². The highest BCUT2D eigenvalue weighted by atomic mass is 79.9. The van der Waals surface area contributed by atoms with Crippen LogP contribution in [0.3, 0.4) is 0 Å². The Bertz CT molecular complexity index is 590. The molecular weight excluding hydrogens is 319 g/mol. The van der Waals surface area contributed by atoms with E-state index in [4.69, 9.17) is 5.84 Å². The minimum atomic E-state index is -0.221. The Labute approximate surface area is 127 Å². The Kier molecular flexibility index (Phi) is 4.91. The maximum atomic E-state index is 13.2. The quantitative estimate of drug-likeness (QED) is 0.655. The second-order valence-corrected chi connectivity index (χ2v) is 5.81. The number of hydrogen-bond acceptors (Lipinski definition) is 2. The van der Waals surface area contributed by atoms with Gasteiger partial charge in [-0.25, -0.2) is 4.39 Å². The van der Waals surface area contributed by atoms with Gasteiger partial charge >= 0.3 is 0 Å². The minimum Gasteiger partial charge on any atom is -0.271 e. The molecule has 0 spiro atoms. The molecule has 0 amide bonds. The zero-order chi connectivity index (χ0) is 14.7. The average molecular weight is 337 g/mol. The summed E-state index contributed by atoms with van der Waals surface area (Å²) < 4.78 is 14.4. The number of hydrogen-bond donors (Lipinski definition) is 2. The van der Waals surface area contributed by atoms with Crippen LogP contribution in [0, 0.1) is 19.7 Å². The highest BCUT2D eigenvalue weighted by molar-refractivity contribution is 9.10. The lowest BCUT2D eigenvalue weighted by atomic mass is 9.96. The van der Waals surface area contributed by atoms with Crippen LogP contribution in [0.1, 0.15) is 28.3 Å². The summed E-state index contributed by atoms with van der Waals surface area (Å²) in [5.41, 5.74) is 7.18. The van der Waals surface area contributed by atoms with Crippen molar-refractivity contribution in [2.45, 2.75) is 26.3 Å². The fourth-order valence-electron chi connectivity index (χ4n) is 2.35. The van der Waals surface area contributed by atoms with Gasteiger partial charge in [0, 0.05) is 4.47 Å². The van der Waals surface area contributed by atoms with E-state index >= 15 is 0 Å². The largest absolute Gasteiger partial charge is 0.271 e. The van der Waals surface area contributed by atoms with Crippen LogP contribution in [0.2, 0.25) is 0 Å². The highest BCUT2D eigenvalue weighted by Crippen LogP contribution is 2.27. The van der Waals surface area contributed by atoms with Crippen LogP contribution in [0.15, 0.2) is 40.9 Å². The molecule has 4 heteroatoms. The van der Waals surface area contributed by atoms with Crippen LogP contribution in [0.25, 0.3) is 0 Å². The van der Waals surface area contributed by atoms with Gasteiger partial charge in [0.05, 0.1) is 6.04 Å². The predicted octanol–water partition coefficient (Wildman–Crippen LogP) is 3.95. The van der Waals surface area contributed by atoms with Crippen molar-refractivity contribution < 1.29 is 4.39 Å². The van der Waals surface area contributed by atoms with Crippen molar-refractivity contribution in [1.82, 2.24) is 5.43 Å². The summed E-state index contributed by atoms with van der Waals surface area (Å²) in [4.78, 5) is 0. The average Bonchev–Trinajstić information content (AvgIpc) is 2.41. The minimum absolute atomic E-state index is 0.0395. The van der Waals surface area contributed by atoms with Gasteiger partial charge < -0.3 is 0 Å². The van der Waals surface area contributed by atoms with Crippen molar-refractivity contribution in [3.63, 3.8) is 0 Å². The first-order chi connectivity index (χ1) is 9.51. The monoisotopic (exact) mass is 336 g/mol. The Balaban J connectivity index is 2.29. The van der Waals surface area contributed by atoms with Gasteiger partial charge in [-0.15, -0.1) is 0 Å². The second-order valence-electron chi connectivity index (χ2n) is 5.02. The van der Waals surface area contributed by atoms with Crippen LogP contribution in [-0.2, 0) is 6.42 Å². The van der Waals surface area contributed by atoms with Gasteiger partial charge in [0.25, 0.3) is 0 Å².